The number of rotatable bonds is 13. The molecule has 0 aromatic heterocycles. The lowest BCUT2D eigenvalue weighted by Gasteiger charge is -2.28. The van der Waals surface area contributed by atoms with E-state index in [1.54, 1.807) is 0 Å². The SMILES string of the molecule is CCN(CCCCN(CCCCNC(=O)OC(C)(C)C)C(=O)OC(C)(C)C)Cc1c2ccccc2cc2ccccc12. The zero-order valence-corrected chi connectivity index (χ0v) is 26.8. The minimum Gasteiger partial charge on any atom is -0.444 e. The first-order chi connectivity index (χ1) is 19.9. The van der Waals surface area contributed by atoms with Gasteiger partial charge in [-0.3, -0.25) is 4.90 Å². The third-order valence-electron chi connectivity index (χ3n) is 7.04. The Morgan fingerprint density at radius 3 is 1.81 bits per heavy atom. The van der Waals surface area contributed by atoms with E-state index < -0.39 is 17.3 Å². The summed E-state index contributed by atoms with van der Waals surface area (Å²) in [6, 6.07) is 19.6. The topological polar surface area (TPSA) is 71.1 Å². The number of nitrogens with one attached hydrogen (secondary N) is 1. The summed E-state index contributed by atoms with van der Waals surface area (Å²) in [6.45, 7) is 18.0. The number of unbranched alkanes of at least 4 members (excludes halogenated alkanes) is 2. The molecule has 2 amide bonds. The van der Waals surface area contributed by atoms with E-state index in [0.29, 0.717) is 19.6 Å². The molecule has 7 nitrogen and oxygen atoms in total. The summed E-state index contributed by atoms with van der Waals surface area (Å²) in [5.74, 6) is 0. The van der Waals surface area contributed by atoms with Crippen molar-refractivity contribution in [3.63, 3.8) is 0 Å². The number of hydrogen-bond donors (Lipinski definition) is 1. The number of carbonyl (C=O) groups excluding carboxylic acids is 2. The fourth-order valence-electron chi connectivity index (χ4n) is 5.04. The van der Waals surface area contributed by atoms with Crippen LogP contribution in [0.25, 0.3) is 21.5 Å². The van der Waals surface area contributed by atoms with E-state index in [1.165, 1.54) is 27.1 Å². The molecule has 0 bridgehead atoms. The second-order valence-electron chi connectivity index (χ2n) is 13.0. The molecule has 42 heavy (non-hydrogen) atoms. The van der Waals surface area contributed by atoms with Gasteiger partial charge in [0.25, 0.3) is 0 Å². The van der Waals surface area contributed by atoms with E-state index >= 15 is 0 Å². The zero-order valence-electron chi connectivity index (χ0n) is 26.8. The Morgan fingerprint density at radius 2 is 1.26 bits per heavy atom. The van der Waals surface area contributed by atoms with Gasteiger partial charge in [0, 0.05) is 26.2 Å². The first kappa shape index (κ1) is 33.2. The molecular weight excluding hydrogens is 526 g/mol. The highest BCUT2D eigenvalue weighted by Crippen LogP contribution is 2.29. The molecule has 0 aliphatic rings. The third kappa shape index (κ3) is 10.8. The lowest BCUT2D eigenvalue weighted by atomic mass is 9.96. The van der Waals surface area contributed by atoms with Crippen molar-refractivity contribution in [1.29, 1.82) is 0 Å². The lowest BCUT2D eigenvalue weighted by molar-refractivity contribution is 0.0240. The Labute approximate surface area is 252 Å². The molecule has 0 aliphatic heterocycles. The number of alkyl carbamates (subject to hydrolysis) is 1. The molecule has 0 aliphatic carbocycles. The molecule has 230 valence electrons. The summed E-state index contributed by atoms with van der Waals surface area (Å²) in [5, 5.41) is 7.97. The Hall–Kier alpha value is -3.32. The van der Waals surface area contributed by atoms with Gasteiger partial charge in [0.1, 0.15) is 11.2 Å². The third-order valence-corrected chi connectivity index (χ3v) is 7.04. The van der Waals surface area contributed by atoms with Gasteiger partial charge in [0.05, 0.1) is 0 Å². The van der Waals surface area contributed by atoms with Gasteiger partial charge in [0.15, 0.2) is 0 Å². The quantitative estimate of drug-likeness (QED) is 0.164. The van der Waals surface area contributed by atoms with Gasteiger partial charge in [-0.25, -0.2) is 9.59 Å². The summed E-state index contributed by atoms with van der Waals surface area (Å²) in [6.07, 6.45) is 2.70. The van der Waals surface area contributed by atoms with Crippen LogP contribution in [0.4, 0.5) is 9.59 Å². The van der Waals surface area contributed by atoms with Gasteiger partial charge >= 0.3 is 12.2 Å². The van der Waals surface area contributed by atoms with Crippen molar-refractivity contribution in [1.82, 2.24) is 15.1 Å². The molecule has 3 rings (SSSR count). The van der Waals surface area contributed by atoms with Crippen molar-refractivity contribution in [2.24, 2.45) is 0 Å². The molecule has 0 heterocycles. The first-order valence-corrected chi connectivity index (χ1v) is 15.4. The highest BCUT2D eigenvalue weighted by Gasteiger charge is 2.22. The Morgan fingerprint density at radius 1 is 0.738 bits per heavy atom. The number of amides is 2. The number of carbonyl (C=O) groups is 2. The summed E-state index contributed by atoms with van der Waals surface area (Å²) in [5.41, 5.74) is 0.308. The number of ether oxygens (including phenoxy) is 2. The molecule has 0 fully saturated rings. The van der Waals surface area contributed by atoms with E-state index in [4.69, 9.17) is 9.47 Å². The molecule has 0 radical (unpaired) electrons. The van der Waals surface area contributed by atoms with Crippen molar-refractivity contribution < 1.29 is 19.1 Å². The largest absolute Gasteiger partial charge is 0.444 e. The van der Waals surface area contributed by atoms with Gasteiger partial charge in [-0.15, -0.1) is 0 Å². The van der Waals surface area contributed by atoms with Crippen molar-refractivity contribution >= 4 is 33.7 Å². The number of hydrogen-bond acceptors (Lipinski definition) is 5. The summed E-state index contributed by atoms with van der Waals surface area (Å²) < 4.78 is 11.0. The van der Waals surface area contributed by atoms with Crippen LogP contribution in [-0.2, 0) is 16.0 Å². The summed E-state index contributed by atoms with van der Waals surface area (Å²) in [4.78, 5) is 29.2. The molecule has 7 heteroatoms. The van der Waals surface area contributed by atoms with E-state index in [-0.39, 0.29) is 6.09 Å². The van der Waals surface area contributed by atoms with Crippen LogP contribution in [0.15, 0.2) is 54.6 Å². The monoisotopic (exact) mass is 577 g/mol. The van der Waals surface area contributed by atoms with Crippen molar-refractivity contribution in [2.45, 2.75) is 91.9 Å². The summed E-state index contributed by atoms with van der Waals surface area (Å²) >= 11 is 0. The number of benzene rings is 3. The van der Waals surface area contributed by atoms with Crippen LogP contribution >= 0.6 is 0 Å². The van der Waals surface area contributed by atoms with Gasteiger partial charge in [-0.1, -0.05) is 55.5 Å². The van der Waals surface area contributed by atoms with Crippen LogP contribution in [0.2, 0.25) is 0 Å². The highest BCUT2D eigenvalue weighted by molar-refractivity contribution is 6.02. The fourth-order valence-corrected chi connectivity index (χ4v) is 5.04. The van der Waals surface area contributed by atoms with Crippen molar-refractivity contribution in [2.75, 3.05) is 32.7 Å². The van der Waals surface area contributed by atoms with Crippen LogP contribution in [0.1, 0.15) is 79.7 Å². The van der Waals surface area contributed by atoms with E-state index in [2.05, 4.69) is 71.7 Å². The number of fused-ring (bicyclic) bond motifs is 2. The summed E-state index contributed by atoms with van der Waals surface area (Å²) in [7, 11) is 0. The van der Waals surface area contributed by atoms with Crippen LogP contribution in [0.5, 0.6) is 0 Å². The molecule has 1 N–H and O–H groups in total. The predicted molar refractivity (Wildman–Crippen MR) is 173 cm³/mol. The standard InChI is InChI=1S/C35H51N3O4/c1-8-37(26-31-29-19-11-9-17-27(29)25-28-18-10-12-20-30(28)31)22-15-16-24-38(33(40)42-35(5,6)7)23-14-13-21-36-32(39)41-34(2,3)4/h9-12,17-20,25H,8,13-16,21-24,26H2,1-7H3,(H,36,39). The van der Waals surface area contributed by atoms with Gasteiger partial charge in [0.2, 0.25) is 0 Å². The van der Waals surface area contributed by atoms with E-state index in [9.17, 15) is 9.59 Å². The maximum absolute atomic E-state index is 13.0. The Bertz CT molecular complexity index is 1260. The molecular formula is C35H51N3O4. The van der Waals surface area contributed by atoms with Crippen LogP contribution in [-0.4, -0.2) is 65.9 Å². The molecule has 0 atom stereocenters. The van der Waals surface area contributed by atoms with Crippen LogP contribution in [0, 0.1) is 0 Å². The predicted octanol–water partition coefficient (Wildman–Crippen LogP) is 8.14. The average molecular weight is 578 g/mol. The van der Waals surface area contributed by atoms with E-state index in [0.717, 1.165) is 45.3 Å². The van der Waals surface area contributed by atoms with Gasteiger partial charge in [-0.2, -0.15) is 0 Å². The average Bonchev–Trinajstić information content (AvgIpc) is 2.90. The normalized spacial score (nSPS) is 12.1. The van der Waals surface area contributed by atoms with Gasteiger partial charge < -0.3 is 19.7 Å². The molecule has 3 aromatic rings. The van der Waals surface area contributed by atoms with Crippen LogP contribution in [0.3, 0.4) is 0 Å². The fraction of sp³-hybridized carbons (Fsp3) is 0.543. The first-order valence-electron chi connectivity index (χ1n) is 15.4. The minimum absolute atomic E-state index is 0.280. The molecule has 0 saturated carbocycles. The highest BCUT2D eigenvalue weighted by atomic mass is 16.6. The number of nitrogens with zero attached hydrogens (tertiary/aromatic N) is 2. The molecule has 0 unspecified atom stereocenters. The maximum atomic E-state index is 13.0. The van der Waals surface area contributed by atoms with Crippen LogP contribution < -0.4 is 5.32 Å². The Balaban J connectivity index is 1.55. The second-order valence-corrected chi connectivity index (χ2v) is 13.0. The smallest absolute Gasteiger partial charge is 0.410 e. The minimum atomic E-state index is -0.548. The Kier molecular flexibility index (Phi) is 12.0. The molecule has 3 aromatic carbocycles. The molecule has 0 saturated heterocycles. The molecule has 0 spiro atoms. The maximum Gasteiger partial charge on any atom is 0.410 e. The van der Waals surface area contributed by atoms with Crippen molar-refractivity contribution in [3.05, 3.63) is 60.2 Å². The van der Waals surface area contributed by atoms with Gasteiger partial charge in [-0.05, 0) is 113 Å². The van der Waals surface area contributed by atoms with E-state index in [1.807, 2.05) is 46.4 Å². The lowest BCUT2D eigenvalue weighted by Crippen LogP contribution is -2.38. The second kappa shape index (κ2) is 15.2. The van der Waals surface area contributed by atoms with Crippen molar-refractivity contribution in [3.8, 4) is 0 Å². The zero-order chi connectivity index (χ0) is 30.8.